The zero-order chi connectivity index (χ0) is 8.43. The van der Waals surface area contributed by atoms with Crippen molar-refractivity contribution in [3.8, 4) is 5.88 Å². The van der Waals surface area contributed by atoms with Crippen LogP contribution in [0.3, 0.4) is 0 Å². The highest BCUT2D eigenvalue weighted by atomic mass is 32.2. The number of ether oxygens (including phenoxy) is 1. The fourth-order valence-electron chi connectivity index (χ4n) is 0.688. The van der Waals surface area contributed by atoms with Gasteiger partial charge in [0.2, 0.25) is 17.0 Å². The summed E-state index contributed by atoms with van der Waals surface area (Å²) in [5.41, 5.74) is 0. The highest BCUT2D eigenvalue weighted by Gasteiger charge is 2.08. The van der Waals surface area contributed by atoms with Crippen molar-refractivity contribution in [2.75, 3.05) is 7.11 Å². The Morgan fingerprint density at radius 2 is 2.45 bits per heavy atom. The summed E-state index contributed by atoms with van der Waals surface area (Å²) in [5.74, 6) is 0.338. The van der Waals surface area contributed by atoms with Gasteiger partial charge in [0.15, 0.2) is 5.03 Å². The normalized spacial score (nSPS) is 13.0. The van der Waals surface area contributed by atoms with E-state index in [9.17, 15) is 4.21 Å². The predicted molar refractivity (Wildman–Crippen MR) is 38.8 cm³/mol. The molecule has 1 aromatic heterocycles. The first-order chi connectivity index (χ1) is 5.15. The first-order valence-corrected chi connectivity index (χ1v) is 3.94. The van der Waals surface area contributed by atoms with Crippen LogP contribution in [0.4, 0.5) is 0 Å². The van der Waals surface area contributed by atoms with Crippen LogP contribution in [-0.2, 0) is 18.1 Å². The van der Waals surface area contributed by atoms with Crippen molar-refractivity contribution in [1.82, 2.24) is 9.78 Å². The third-order valence-electron chi connectivity index (χ3n) is 1.20. The van der Waals surface area contributed by atoms with E-state index in [1.54, 1.807) is 7.05 Å². The Labute approximate surface area is 66.3 Å². The van der Waals surface area contributed by atoms with Crippen molar-refractivity contribution in [3.63, 3.8) is 0 Å². The Kier molecular flexibility index (Phi) is 2.25. The van der Waals surface area contributed by atoms with Crippen LogP contribution in [0, 0.1) is 0 Å². The standard InChI is InChI=1S/C5H8N2O3S/c1-7-5(11(8)9)3-4(6-7)10-2/h3H,1-2H3,(H,8,9). The summed E-state index contributed by atoms with van der Waals surface area (Å²) in [4.78, 5) is 0. The molecule has 1 atom stereocenters. The second-order valence-electron chi connectivity index (χ2n) is 1.90. The molecule has 0 aliphatic carbocycles. The van der Waals surface area contributed by atoms with Gasteiger partial charge in [-0.2, -0.15) is 0 Å². The summed E-state index contributed by atoms with van der Waals surface area (Å²) in [7, 11) is 3.03. The first kappa shape index (κ1) is 8.22. The van der Waals surface area contributed by atoms with Crippen LogP contribution in [-0.4, -0.2) is 25.7 Å². The van der Waals surface area contributed by atoms with E-state index < -0.39 is 11.1 Å². The van der Waals surface area contributed by atoms with Gasteiger partial charge in [0.05, 0.1) is 7.11 Å². The average molecular weight is 176 g/mol. The number of nitrogens with zero attached hydrogens (tertiary/aromatic N) is 2. The zero-order valence-electron chi connectivity index (χ0n) is 6.14. The maximum absolute atomic E-state index is 10.5. The molecule has 0 bridgehead atoms. The lowest BCUT2D eigenvalue weighted by Crippen LogP contribution is -1.99. The van der Waals surface area contributed by atoms with Crippen molar-refractivity contribution in [2.24, 2.45) is 7.05 Å². The first-order valence-electron chi connectivity index (χ1n) is 2.84. The minimum atomic E-state index is -2.00. The van der Waals surface area contributed by atoms with Crippen LogP contribution < -0.4 is 4.74 Å². The van der Waals surface area contributed by atoms with E-state index in [1.807, 2.05) is 0 Å². The average Bonchev–Trinajstić information content (AvgIpc) is 2.30. The number of hydrogen-bond acceptors (Lipinski definition) is 3. The molecule has 6 heteroatoms. The maximum atomic E-state index is 10.5. The minimum Gasteiger partial charge on any atom is -0.480 e. The third-order valence-corrected chi connectivity index (χ3v) is 1.94. The third kappa shape index (κ3) is 1.58. The second-order valence-corrected chi connectivity index (χ2v) is 2.81. The van der Waals surface area contributed by atoms with E-state index in [0.717, 1.165) is 0 Å². The molecule has 0 aliphatic rings. The highest BCUT2D eigenvalue weighted by molar-refractivity contribution is 7.79. The van der Waals surface area contributed by atoms with Crippen LogP contribution in [0.15, 0.2) is 11.1 Å². The molecule has 1 heterocycles. The molecule has 5 nitrogen and oxygen atoms in total. The van der Waals surface area contributed by atoms with E-state index in [-0.39, 0.29) is 5.03 Å². The number of methoxy groups -OCH3 is 1. The molecular weight excluding hydrogens is 168 g/mol. The zero-order valence-corrected chi connectivity index (χ0v) is 6.96. The molecule has 1 N–H and O–H groups in total. The van der Waals surface area contributed by atoms with Crippen molar-refractivity contribution in [3.05, 3.63) is 6.07 Å². The molecule has 62 valence electrons. The number of aromatic nitrogens is 2. The van der Waals surface area contributed by atoms with E-state index in [1.165, 1.54) is 17.9 Å². The lowest BCUT2D eigenvalue weighted by molar-refractivity contribution is 0.391. The molecule has 0 aromatic carbocycles. The monoisotopic (exact) mass is 176 g/mol. The van der Waals surface area contributed by atoms with Gasteiger partial charge >= 0.3 is 0 Å². The number of rotatable bonds is 2. The molecule has 1 rings (SSSR count). The molecule has 0 aliphatic heterocycles. The predicted octanol–water partition coefficient (Wildman–Crippen LogP) is 0.00930. The molecule has 0 saturated heterocycles. The smallest absolute Gasteiger partial charge is 0.233 e. The summed E-state index contributed by atoms with van der Waals surface area (Å²) in [5, 5.41) is 4.02. The Morgan fingerprint density at radius 3 is 2.73 bits per heavy atom. The SMILES string of the molecule is COc1cc(S(=O)O)n(C)n1. The van der Waals surface area contributed by atoms with E-state index in [0.29, 0.717) is 5.88 Å². The molecule has 1 aromatic rings. The quantitative estimate of drug-likeness (QED) is 0.645. The van der Waals surface area contributed by atoms with Crippen LogP contribution in [0.5, 0.6) is 5.88 Å². The second kappa shape index (κ2) is 3.02. The number of hydrogen-bond donors (Lipinski definition) is 1. The van der Waals surface area contributed by atoms with Gasteiger partial charge in [-0.1, -0.05) is 0 Å². The molecule has 1 unspecified atom stereocenters. The largest absolute Gasteiger partial charge is 0.480 e. The van der Waals surface area contributed by atoms with Crippen LogP contribution in [0.25, 0.3) is 0 Å². The molecule has 0 radical (unpaired) electrons. The van der Waals surface area contributed by atoms with E-state index in [4.69, 9.17) is 9.29 Å². The Hall–Kier alpha value is -0.880. The van der Waals surface area contributed by atoms with Gasteiger partial charge in [0, 0.05) is 13.1 Å². The minimum absolute atomic E-state index is 0.224. The van der Waals surface area contributed by atoms with Crippen molar-refractivity contribution < 1.29 is 13.5 Å². The Balaban J connectivity index is 3.07. The Morgan fingerprint density at radius 1 is 1.82 bits per heavy atom. The van der Waals surface area contributed by atoms with E-state index in [2.05, 4.69) is 5.10 Å². The van der Waals surface area contributed by atoms with Gasteiger partial charge in [-0.05, 0) is 0 Å². The molecule has 0 spiro atoms. The van der Waals surface area contributed by atoms with Crippen LogP contribution in [0.2, 0.25) is 0 Å². The maximum Gasteiger partial charge on any atom is 0.233 e. The van der Waals surface area contributed by atoms with Gasteiger partial charge in [-0.3, -0.25) is 4.68 Å². The van der Waals surface area contributed by atoms with Crippen molar-refractivity contribution in [1.29, 1.82) is 0 Å². The molecule has 0 amide bonds. The van der Waals surface area contributed by atoms with Crippen LogP contribution in [0.1, 0.15) is 0 Å². The fraction of sp³-hybridized carbons (Fsp3) is 0.400. The van der Waals surface area contributed by atoms with Crippen molar-refractivity contribution in [2.45, 2.75) is 5.03 Å². The van der Waals surface area contributed by atoms with Crippen molar-refractivity contribution >= 4 is 11.1 Å². The molecular formula is C5H8N2O3S. The highest BCUT2D eigenvalue weighted by Crippen LogP contribution is 2.11. The van der Waals surface area contributed by atoms with Gasteiger partial charge in [-0.25, -0.2) is 4.21 Å². The topological polar surface area (TPSA) is 64.3 Å². The van der Waals surface area contributed by atoms with Gasteiger partial charge in [0.1, 0.15) is 0 Å². The molecule has 11 heavy (non-hydrogen) atoms. The summed E-state index contributed by atoms with van der Waals surface area (Å²) in [6.07, 6.45) is 0. The lowest BCUT2D eigenvalue weighted by atomic mass is 10.7. The summed E-state index contributed by atoms with van der Waals surface area (Å²) in [6, 6.07) is 1.41. The lowest BCUT2D eigenvalue weighted by Gasteiger charge is -1.91. The van der Waals surface area contributed by atoms with Gasteiger partial charge in [-0.15, -0.1) is 5.10 Å². The Bertz CT molecular complexity index is 283. The molecule has 0 saturated carbocycles. The number of aryl methyl sites for hydroxylation is 1. The summed E-state index contributed by atoms with van der Waals surface area (Å²) >= 11 is -2.00. The van der Waals surface area contributed by atoms with Gasteiger partial charge in [0.25, 0.3) is 0 Å². The van der Waals surface area contributed by atoms with E-state index >= 15 is 0 Å². The molecule has 0 fully saturated rings. The fourth-order valence-corrected chi connectivity index (χ4v) is 1.16. The summed E-state index contributed by atoms with van der Waals surface area (Å²) < 4.78 is 25.3. The summed E-state index contributed by atoms with van der Waals surface area (Å²) in [6.45, 7) is 0. The van der Waals surface area contributed by atoms with Crippen LogP contribution >= 0.6 is 0 Å². The van der Waals surface area contributed by atoms with Gasteiger partial charge < -0.3 is 9.29 Å².